The lowest BCUT2D eigenvalue weighted by molar-refractivity contribution is -0.116. The first-order valence-electron chi connectivity index (χ1n) is 8.51. The first-order chi connectivity index (χ1) is 11.7. The third kappa shape index (κ3) is 5.05. The largest absolute Gasteiger partial charge is 0.348 e. The molecule has 1 fully saturated rings. The van der Waals surface area contributed by atoms with Gasteiger partial charge < -0.3 is 5.32 Å². The number of hydrogen-bond donors (Lipinski definition) is 1. The van der Waals surface area contributed by atoms with Gasteiger partial charge in [0.25, 0.3) is 0 Å². The summed E-state index contributed by atoms with van der Waals surface area (Å²) in [5.41, 5.74) is 2.48. The lowest BCUT2D eigenvalue weighted by Crippen LogP contribution is -2.20. The first-order valence-corrected chi connectivity index (χ1v) is 9.33. The fraction of sp³-hybridized carbons (Fsp3) is 0.350. The summed E-state index contributed by atoms with van der Waals surface area (Å²) >= 11 is 1.69. The van der Waals surface area contributed by atoms with Crippen LogP contribution in [0.4, 0.5) is 0 Å². The maximum atomic E-state index is 11.9. The van der Waals surface area contributed by atoms with Crippen molar-refractivity contribution in [3.63, 3.8) is 0 Å². The molecular weight excluding hydrogens is 316 g/mol. The van der Waals surface area contributed by atoms with Crippen molar-refractivity contribution >= 4 is 23.3 Å². The Hall–Kier alpha value is -1.91. The molecule has 0 radical (unpaired) electrons. The number of thiophene rings is 1. The van der Waals surface area contributed by atoms with Gasteiger partial charge in [0.2, 0.25) is 5.91 Å². The Balaban J connectivity index is 1.45. The average Bonchev–Trinajstić information content (AvgIpc) is 3.24. The highest BCUT2D eigenvalue weighted by molar-refractivity contribution is 7.12. The van der Waals surface area contributed by atoms with E-state index >= 15 is 0 Å². The van der Waals surface area contributed by atoms with Gasteiger partial charge in [-0.2, -0.15) is 0 Å². The number of benzene rings is 1. The quantitative estimate of drug-likeness (QED) is 0.807. The normalized spacial score (nSPS) is 15.2. The zero-order valence-corrected chi connectivity index (χ0v) is 14.9. The van der Waals surface area contributed by atoms with Crippen LogP contribution in [-0.4, -0.2) is 23.9 Å². The van der Waals surface area contributed by atoms with E-state index in [2.05, 4.69) is 47.5 Å². The van der Waals surface area contributed by atoms with Crippen LogP contribution in [0, 0.1) is 6.92 Å². The summed E-state index contributed by atoms with van der Waals surface area (Å²) in [7, 11) is 0. The van der Waals surface area contributed by atoms with E-state index in [-0.39, 0.29) is 5.91 Å². The van der Waals surface area contributed by atoms with Crippen LogP contribution in [0.3, 0.4) is 0 Å². The Morgan fingerprint density at radius 2 is 1.83 bits per heavy atom. The molecule has 1 saturated heterocycles. The predicted octanol–water partition coefficient (Wildman–Crippen LogP) is 3.98. The molecule has 3 rings (SSSR count). The second kappa shape index (κ2) is 8.27. The number of hydrogen-bond acceptors (Lipinski definition) is 3. The molecule has 0 atom stereocenters. The molecule has 0 bridgehead atoms. The van der Waals surface area contributed by atoms with Crippen molar-refractivity contribution < 1.29 is 4.79 Å². The summed E-state index contributed by atoms with van der Waals surface area (Å²) in [5.74, 6) is -0.0535. The lowest BCUT2D eigenvalue weighted by Gasteiger charge is -2.14. The van der Waals surface area contributed by atoms with Crippen LogP contribution in [0.15, 0.2) is 42.5 Å². The molecule has 126 valence electrons. The Morgan fingerprint density at radius 3 is 2.50 bits per heavy atom. The Morgan fingerprint density at radius 1 is 1.12 bits per heavy atom. The first kappa shape index (κ1) is 16.9. The summed E-state index contributed by atoms with van der Waals surface area (Å²) in [4.78, 5) is 16.7. The molecule has 3 nitrogen and oxygen atoms in total. The minimum absolute atomic E-state index is 0.0535. The molecule has 2 aromatic rings. The van der Waals surface area contributed by atoms with Crippen LogP contribution >= 0.6 is 11.3 Å². The maximum Gasteiger partial charge on any atom is 0.244 e. The third-order valence-electron chi connectivity index (χ3n) is 4.25. The van der Waals surface area contributed by atoms with E-state index in [1.807, 2.05) is 12.1 Å². The molecule has 1 aliphatic rings. The summed E-state index contributed by atoms with van der Waals surface area (Å²) in [6.07, 6.45) is 6.12. The van der Waals surface area contributed by atoms with Gasteiger partial charge in [0.15, 0.2) is 0 Å². The minimum atomic E-state index is -0.0535. The van der Waals surface area contributed by atoms with Gasteiger partial charge in [-0.05, 0) is 62.2 Å². The van der Waals surface area contributed by atoms with Crippen LogP contribution < -0.4 is 5.32 Å². The van der Waals surface area contributed by atoms with Crippen LogP contribution in [0.5, 0.6) is 0 Å². The van der Waals surface area contributed by atoms with E-state index in [1.54, 1.807) is 17.4 Å². The number of carbonyl (C=O) groups excluding carboxylic acids is 1. The fourth-order valence-corrected chi connectivity index (χ4v) is 3.69. The van der Waals surface area contributed by atoms with Gasteiger partial charge in [-0.3, -0.25) is 9.69 Å². The topological polar surface area (TPSA) is 32.3 Å². The number of carbonyl (C=O) groups is 1. The molecule has 1 aromatic carbocycles. The molecule has 1 aliphatic heterocycles. The average molecular weight is 340 g/mol. The lowest BCUT2D eigenvalue weighted by atomic mass is 10.1. The zero-order valence-electron chi connectivity index (χ0n) is 14.1. The van der Waals surface area contributed by atoms with Crippen molar-refractivity contribution in [1.82, 2.24) is 10.2 Å². The van der Waals surface area contributed by atoms with Crippen molar-refractivity contribution in [3.05, 3.63) is 63.4 Å². The SMILES string of the molecule is Cc1ccc(/C=C/C(=O)NCc2ccc(CN3CCCC3)cc2)s1. The Labute approximate surface area is 148 Å². The van der Waals surface area contributed by atoms with Crippen molar-refractivity contribution in [2.75, 3.05) is 13.1 Å². The highest BCUT2D eigenvalue weighted by atomic mass is 32.1. The number of amides is 1. The third-order valence-corrected chi connectivity index (χ3v) is 5.22. The number of aryl methyl sites for hydroxylation is 1. The van der Waals surface area contributed by atoms with Crippen molar-refractivity contribution in [2.24, 2.45) is 0 Å². The smallest absolute Gasteiger partial charge is 0.244 e. The summed E-state index contributed by atoms with van der Waals surface area (Å²) in [5, 5.41) is 2.94. The molecular formula is C20H24N2OS. The molecule has 1 aromatic heterocycles. The molecule has 0 saturated carbocycles. The van der Waals surface area contributed by atoms with Gasteiger partial charge in [0, 0.05) is 28.9 Å². The molecule has 1 N–H and O–H groups in total. The van der Waals surface area contributed by atoms with Gasteiger partial charge in [0.1, 0.15) is 0 Å². The van der Waals surface area contributed by atoms with Crippen molar-refractivity contribution in [1.29, 1.82) is 0 Å². The zero-order chi connectivity index (χ0) is 16.8. The highest BCUT2D eigenvalue weighted by Gasteiger charge is 2.11. The van der Waals surface area contributed by atoms with Crippen molar-refractivity contribution in [2.45, 2.75) is 32.9 Å². The molecule has 4 heteroatoms. The molecule has 1 amide bonds. The second-order valence-corrected chi connectivity index (χ2v) is 7.62. The molecule has 0 aliphatic carbocycles. The summed E-state index contributed by atoms with van der Waals surface area (Å²) in [6, 6.07) is 12.7. The van der Waals surface area contributed by atoms with E-state index < -0.39 is 0 Å². The molecule has 0 unspecified atom stereocenters. The van der Waals surface area contributed by atoms with Crippen LogP contribution in [0.25, 0.3) is 6.08 Å². The molecule has 2 heterocycles. The summed E-state index contributed by atoms with van der Waals surface area (Å²) < 4.78 is 0. The van der Waals surface area contributed by atoms with E-state index in [1.165, 1.54) is 36.4 Å². The van der Waals surface area contributed by atoms with Crippen LogP contribution in [-0.2, 0) is 17.9 Å². The second-order valence-electron chi connectivity index (χ2n) is 6.30. The molecule has 0 spiro atoms. The van der Waals surface area contributed by atoms with E-state index in [9.17, 15) is 4.79 Å². The highest BCUT2D eigenvalue weighted by Crippen LogP contribution is 2.16. The number of likely N-dealkylation sites (tertiary alicyclic amines) is 1. The van der Waals surface area contributed by atoms with Gasteiger partial charge in [-0.15, -0.1) is 11.3 Å². The summed E-state index contributed by atoms with van der Waals surface area (Å²) in [6.45, 7) is 6.10. The van der Waals surface area contributed by atoms with Crippen molar-refractivity contribution in [3.8, 4) is 0 Å². The number of nitrogens with zero attached hydrogens (tertiary/aromatic N) is 1. The van der Waals surface area contributed by atoms with Crippen LogP contribution in [0.1, 0.15) is 33.7 Å². The van der Waals surface area contributed by atoms with E-state index in [4.69, 9.17) is 0 Å². The fourth-order valence-electron chi connectivity index (χ4n) is 2.91. The maximum absolute atomic E-state index is 11.9. The van der Waals surface area contributed by atoms with Crippen LogP contribution in [0.2, 0.25) is 0 Å². The minimum Gasteiger partial charge on any atom is -0.348 e. The number of rotatable bonds is 6. The van der Waals surface area contributed by atoms with E-state index in [0.29, 0.717) is 6.54 Å². The Bertz CT molecular complexity index is 697. The van der Waals surface area contributed by atoms with Gasteiger partial charge in [-0.25, -0.2) is 0 Å². The Kier molecular flexibility index (Phi) is 5.83. The predicted molar refractivity (Wildman–Crippen MR) is 101 cm³/mol. The molecule has 24 heavy (non-hydrogen) atoms. The van der Waals surface area contributed by atoms with E-state index in [0.717, 1.165) is 17.0 Å². The monoisotopic (exact) mass is 340 g/mol. The van der Waals surface area contributed by atoms with Gasteiger partial charge in [0.05, 0.1) is 0 Å². The van der Waals surface area contributed by atoms with Gasteiger partial charge in [-0.1, -0.05) is 24.3 Å². The number of nitrogens with one attached hydrogen (secondary N) is 1. The van der Waals surface area contributed by atoms with Gasteiger partial charge >= 0.3 is 0 Å². The standard InChI is InChI=1S/C20H24N2OS/c1-16-4-9-19(24-16)10-11-20(23)21-14-17-5-7-18(8-6-17)15-22-12-2-3-13-22/h4-11H,2-3,12-15H2,1H3,(H,21,23)/b11-10+.